The Hall–Kier alpha value is -1.87. The Balaban J connectivity index is -0.000000130. The summed E-state index contributed by atoms with van der Waals surface area (Å²) in [6.07, 6.45) is 5.58. The van der Waals surface area contributed by atoms with Crippen LogP contribution in [-0.4, -0.2) is 45.3 Å². The maximum Gasteiger partial charge on any atom is 3.00 e. The fourth-order valence-corrected chi connectivity index (χ4v) is 1.16. The van der Waals surface area contributed by atoms with Gasteiger partial charge in [-0.15, -0.1) is 0 Å². The van der Waals surface area contributed by atoms with Crippen LogP contribution in [0.5, 0.6) is 0 Å². The zero-order valence-electron chi connectivity index (χ0n) is 13.3. The van der Waals surface area contributed by atoms with Gasteiger partial charge in [0.1, 0.15) is 0 Å². The van der Waals surface area contributed by atoms with Crippen LogP contribution < -0.4 is 0 Å². The molecular weight excluding hydrogens is 461 g/mol. The fourth-order valence-electron chi connectivity index (χ4n) is 1.16. The van der Waals surface area contributed by atoms with E-state index in [4.69, 9.17) is 46.0 Å². The molecule has 0 amide bonds. The van der Waals surface area contributed by atoms with Gasteiger partial charge in [-0.1, -0.05) is 13.8 Å². The fraction of sp³-hybridized carbons (Fsp3) is 0.778. The molecule has 0 radical (unpaired) electrons. The van der Waals surface area contributed by atoms with Crippen molar-refractivity contribution < 1.29 is 50.9 Å². The topological polar surface area (TPSA) is 205 Å². The van der Waals surface area contributed by atoms with Crippen LogP contribution in [0.4, 0.5) is 0 Å². The molecule has 0 N–H and O–H groups in total. The van der Waals surface area contributed by atoms with Crippen molar-refractivity contribution in [3.05, 3.63) is 58.4 Å². The zero-order valence-corrected chi connectivity index (χ0v) is 17.0. The van der Waals surface area contributed by atoms with Crippen molar-refractivity contribution in [2.75, 3.05) is 20.3 Å². The normalized spacial score (nSPS) is 10.8. The largest absolute Gasteiger partial charge is 3.00 e. The minimum atomic E-state index is -1.75. The van der Waals surface area contributed by atoms with Gasteiger partial charge in [0.25, 0.3) is 0 Å². The van der Waals surface area contributed by atoms with Crippen molar-refractivity contribution in [1.29, 1.82) is 0 Å². The Morgan fingerprint density at radius 3 is 1.46 bits per heavy atom. The molecule has 0 saturated carbocycles. The van der Waals surface area contributed by atoms with Crippen LogP contribution in [0.3, 0.4) is 0 Å². The monoisotopic (exact) mass is 479 g/mol. The third-order valence-corrected chi connectivity index (χ3v) is 1.93. The number of hydrogen-bond donors (Lipinski definition) is 0. The first-order valence-corrected chi connectivity index (χ1v) is 5.95. The summed E-state index contributed by atoms with van der Waals surface area (Å²) in [5, 5.41) is 44.2. The van der Waals surface area contributed by atoms with Gasteiger partial charge in [0.15, 0.2) is 0 Å². The van der Waals surface area contributed by atoms with Crippen LogP contribution in [-0.2, 0) is 0 Å². The molecule has 0 atom stereocenters. The van der Waals surface area contributed by atoms with Gasteiger partial charge in [-0.05, 0) is 12.3 Å². The summed E-state index contributed by atoms with van der Waals surface area (Å²) in [5.41, 5.74) is 0. The van der Waals surface area contributed by atoms with Crippen molar-refractivity contribution >= 4 is 0 Å². The second-order valence-electron chi connectivity index (χ2n) is 4.36. The molecule has 15 heteroatoms. The average molecular weight is 479 g/mol. The molecule has 0 bridgehead atoms. The Morgan fingerprint density at radius 1 is 0.917 bits per heavy atom. The first kappa shape index (κ1) is 30.1. The Morgan fingerprint density at radius 2 is 1.25 bits per heavy atom. The Bertz CT molecular complexity index is 342. The van der Waals surface area contributed by atoms with E-state index in [9.17, 15) is 0 Å². The maximum absolute atomic E-state index is 8.25. The molecule has 0 spiro atoms. The second kappa shape index (κ2) is 19.2. The van der Waals surface area contributed by atoms with E-state index in [2.05, 4.69) is 43.1 Å². The first-order valence-electron chi connectivity index (χ1n) is 5.95. The van der Waals surface area contributed by atoms with E-state index in [0.29, 0.717) is 0 Å². The third kappa shape index (κ3) is 50.1. The van der Waals surface area contributed by atoms with Gasteiger partial charge in [0.2, 0.25) is 0 Å². The summed E-state index contributed by atoms with van der Waals surface area (Å²) in [6.45, 7) is 6.79. The van der Waals surface area contributed by atoms with Gasteiger partial charge in [-0.25, -0.2) is 0 Å². The standard InChI is InChI=1S/C9H18N2.La.3NO3/c1-9(2)4-5-11-7-6-10(3)8-11;;3*2-1(3)4/h6-7,9H,4-5,8H2,1-3H3;;;;/q;+3;3*-1. The molecule has 0 fully saturated rings. The minimum Gasteiger partial charge on any atom is -0.362 e. The van der Waals surface area contributed by atoms with Crippen molar-refractivity contribution in [3.63, 3.8) is 0 Å². The van der Waals surface area contributed by atoms with Crippen LogP contribution >= 0.6 is 0 Å². The summed E-state index contributed by atoms with van der Waals surface area (Å²) < 4.78 is 0. The number of rotatable bonds is 3. The first-order chi connectivity index (χ1) is 10.4. The van der Waals surface area contributed by atoms with Crippen molar-refractivity contribution in [2.24, 2.45) is 5.92 Å². The molecule has 1 heterocycles. The molecular formula is C9H18LaN5O9. The predicted molar refractivity (Wildman–Crippen MR) is 79.0 cm³/mol. The quantitative estimate of drug-likeness (QED) is 0.412. The molecule has 0 aromatic rings. The van der Waals surface area contributed by atoms with Gasteiger partial charge < -0.3 is 55.8 Å². The number of nitrogens with zero attached hydrogens (tertiary/aromatic N) is 5. The predicted octanol–water partition coefficient (Wildman–Crippen LogP) is 0.991. The van der Waals surface area contributed by atoms with Crippen LogP contribution in [0.2, 0.25) is 0 Å². The molecule has 0 aromatic carbocycles. The molecule has 0 aromatic heterocycles. The van der Waals surface area contributed by atoms with Gasteiger partial charge in [-0.3, -0.25) is 0 Å². The van der Waals surface area contributed by atoms with Crippen molar-refractivity contribution in [2.45, 2.75) is 20.3 Å². The summed E-state index contributed by atoms with van der Waals surface area (Å²) in [5.74, 6) is 0.814. The molecule has 136 valence electrons. The summed E-state index contributed by atoms with van der Waals surface area (Å²) in [6, 6.07) is 0. The Kier molecular flexibility index (Phi) is 24.0. The van der Waals surface area contributed by atoms with E-state index < -0.39 is 15.3 Å². The van der Waals surface area contributed by atoms with Crippen LogP contribution in [0.1, 0.15) is 20.3 Å². The molecule has 0 unspecified atom stereocenters. The second-order valence-corrected chi connectivity index (χ2v) is 4.36. The van der Waals surface area contributed by atoms with E-state index in [1.165, 1.54) is 13.0 Å². The average Bonchev–Trinajstić information content (AvgIpc) is 2.70. The van der Waals surface area contributed by atoms with Crippen LogP contribution in [0.25, 0.3) is 0 Å². The minimum absolute atomic E-state index is 0. The van der Waals surface area contributed by atoms with E-state index >= 15 is 0 Å². The van der Waals surface area contributed by atoms with Crippen molar-refractivity contribution in [1.82, 2.24) is 9.80 Å². The van der Waals surface area contributed by atoms with Gasteiger partial charge in [0.05, 0.1) is 21.9 Å². The Labute approximate surface area is 165 Å². The zero-order chi connectivity index (χ0) is 19.0. The molecule has 24 heavy (non-hydrogen) atoms. The van der Waals surface area contributed by atoms with E-state index in [-0.39, 0.29) is 35.6 Å². The van der Waals surface area contributed by atoms with Gasteiger partial charge >= 0.3 is 35.6 Å². The summed E-state index contributed by atoms with van der Waals surface area (Å²) in [4.78, 5) is 29.3. The smallest absolute Gasteiger partial charge is 0.362 e. The number of hydrogen-bond acceptors (Lipinski definition) is 11. The summed E-state index contributed by atoms with van der Waals surface area (Å²) >= 11 is 0. The van der Waals surface area contributed by atoms with Gasteiger partial charge in [0, 0.05) is 26.0 Å². The molecule has 14 nitrogen and oxygen atoms in total. The SMILES string of the molecule is CC(C)CCN1C=CN(C)C1.O=[N+]([O-])[O-].O=[N+]([O-])[O-].O=[N+]([O-])[O-].[La+3]. The summed E-state index contributed by atoms with van der Waals surface area (Å²) in [7, 11) is 2.10. The van der Waals surface area contributed by atoms with Crippen LogP contribution in [0, 0.1) is 87.5 Å². The van der Waals surface area contributed by atoms with Crippen LogP contribution in [0.15, 0.2) is 12.4 Å². The van der Waals surface area contributed by atoms with E-state index in [1.807, 2.05) is 0 Å². The third-order valence-electron chi connectivity index (χ3n) is 1.93. The molecule has 1 rings (SSSR count). The van der Waals surface area contributed by atoms with E-state index in [1.54, 1.807) is 0 Å². The molecule has 0 aliphatic carbocycles. The van der Waals surface area contributed by atoms with Gasteiger partial charge in [-0.2, -0.15) is 0 Å². The van der Waals surface area contributed by atoms with E-state index in [0.717, 1.165) is 12.6 Å². The maximum atomic E-state index is 8.25. The van der Waals surface area contributed by atoms with Crippen molar-refractivity contribution in [3.8, 4) is 0 Å². The molecule has 0 saturated heterocycles. The molecule has 1 aliphatic heterocycles. The molecule has 1 aliphatic rings.